The monoisotopic (exact) mass is 314 g/mol. The minimum Gasteiger partial charge on any atom is -0.396 e. The maximum Gasteiger partial charge on any atom is 0.226 e. The summed E-state index contributed by atoms with van der Waals surface area (Å²) in [5.74, 6) is -0.133. The second-order valence-corrected chi connectivity index (χ2v) is 4.78. The third-order valence-corrected chi connectivity index (χ3v) is 2.88. The van der Waals surface area contributed by atoms with Crippen molar-refractivity contribution in [2.45, 2.75) is 19.8 Å². The number of H-pyrrole nitrogens is 1. The summed E-state index contributed by atoms with van der Waals surface area (Å²) in [5, 5.41) is 20.8. The largest absolute Gasteiger partial charge is 0.396 e. The van der Waals surface area contributed by atoms with Gasteiger partial charge in [0.15, 0.2) is 16.8 Å². The van der Waals surface area contributed by atoms with Crippen LogP contribution in [0.25, 0.3) is 0 Å². The third kappa shape index (κ3) is 4.27. The molecule has 0 fully saturated rings. The Morgan fingerprint density at radius 3 is 2.86 bits per heavy atom. The van der Waals surface area contributed by atoms with Crippen molar-refractivity contribution in [1.29, 1.82) is 0 Å². The van der Waals surface area contributed by atoms with Crippen molar-refractivity contribution in [2.24, 2.45) is 0 Å². The lowest BCUT2D eigenvalue weighted by Gasteiger charge is -2.09. The van der Waals surface area contributed by atoms with Crippen LogP contribution in [0.1, 0.15) is 18.5 Å². The third-order valence-electron chi connectivity index (χ3n) is 2.63. The van der Waals surface area contributed by atoms with Gasteiger partial charge in [0.2, 0.25) is 11.8 Å². The molecule has 0 radical (unpaired) electrons. The number of hydrogen-bond donors (Lipinski definition) is 4. The van der Waals surface area contributed by atoms with E-state index < -0.39 is 5.82 Å². The zero-order valence-corrected chi connectivity index (χ0v) is 12.2. The summed E-state index contributed by atoms with van der Waals surface area (Å²) < 4.78 is 13.9. The van der Waals surface area contributed by atoms with Gasteiger partial charge in [0, 0.05) is 24.9 Å². The molecule has 0 aliphatic rings. The number of halogens is 2. The smallest absolute Gasteiger partial charge is 0.226 e. The number of unbranched alkanes of at least 4 members (excludes halogenated alkanes) is 1. The lowest BCUT2D eigenvalue weighted by molar-refractivity contribution is 0.286. The molecule has 21 heavy (non-hydrogen) atoms. The number of anilines is 3. The number of aliphatic hydroxyl groups is 1. The van der Waals surface area contributed by atoms with E-state index in [-0.39, 0.29) is 23.5 Å². The number of hydrogen-bond acceptors (Lipinski definition) is 6. The normalized spacial score (nSPS) is 10.7. The Bertz CT molecular complexity index is 605. The summed E-state index contributed by atoms with van der Waals surface area (Å²) >= 11 is 5.76. The van der Waals surface area contributed by atoms with Crippen molar-refractivity contribution >= 4 is 29.2 Å². The first-order valence-electron chi connectivity index (χ1n) is 6.47. The quantitative estimate of drug-likeness (QED) is 0.462. The zero-order chi connectivity index (χ0) is 15.2. The first kappa shape index (κ1) is 15.5. The van der Waals surface area contributed by atoms with E-state index in [0.29, 0.717) is 18.8 Å². The van der Waals surface area contributed by atoms with Crippen LogP contribution in [0.4, 0.5) is 22.0 Å². The second kappa shape index (κ2) is 7.19. The van der Waals surface area contributed by atoms with Gasteiger partial charge < -0.3 is 15.7 Å². The van der Waals surface area contributed by atoms with Gasteiger partial charge in [-0.3, -0.25) is 5.10 Å². The molecule has 0 saturated heterocycles. The Morgan fingerprint density at radius 2 is 2.19 bits per heavy atom. The predicted octanol–water partition coefficient (Wildman–Crippen LogP) is 2.23. The van der Waals surface area contributed by atoms with Crippen LogP contribution >= 0.6 is 11.6 Å². The highest BCUT2D eigenvalue weighted by atomic mass is 35.5. The maximum absolute atomic E-state index is 13.9. The highest BCUT2D eigenvalue weighted by Gasteiger charge is 2.14. The van der Waals surface area contributed by atoms with Crippen molar-refractivity contribution < 1.29 is 9.50 Å². The van der Waals surface area contributed by atoms with Gasteiger partial charge in [0.1, 0.15) is 0 Å². The Kier molecular flexibility index (Phi) is 5.29. The topological polar surface area (TPSA) is 98.8 Å². The van der Waals surface area contributed by atoms with Crippen LogP contribution in [0.2, 0.25) is 5.15 Å². The van der Waals surface area contributed by atoms with Crippen LogP contribution in [-0.4, -0.2) is 38.4 Å². The van der Waals surface area contributed by atoms with Crippen molar-refractivity contribution in [3.63, 3.8) is 0 Å². The molecule has 0 aliphatic heterocycles. The van der Waals surface area contributed by atoms with E-state index in [1.165, 1.54) is 0 Å². The summed E-state index contributed by atoms with van der Waals surface area (Å²) in [4.78, 5) is 7.84. The molecule has 114 valence electrons. The highest BCUT2D eigenvalue weighted by Crippen LogP contribution is 2.23. The van der Waals surface area contributed by atoms with Gasteiger partial charge in [-0.1, -0.05) is 11.6 Å². The van der Waals surface area contributed by atoms with Crippen molar-refractivity contribution in [3.05, 3.63) is 22.7 Å². The predicted molar refractivity (Wildman–Crippen MR) is 78.4 cm³/mol. The average Bonchev–Trinajstić information content (AvgIpc) is 2.86. The number of aromatic amines is 1. The fraction of sp³-hybridized carbons (Fsp3) is 0.417. The molecule has 0 bridgehead atoms. The van der Waals surface area contributed by atoms with Gasteiger partial charge in [0.25, 0.3) is 0 Å². The van der Waals surface area contributed by atoms with Crippen molar-refractivity contribution in [1.82, 2.24) is 20.2 Å². The molecule has 0 aliphatic carbocycles. The average molecular weight is 315 g/mol. The molecule has 0 spiro atoms. The Morgan fingerprint density at radius 1 is 1.38 bits per heavy atom. The van der Waals surface area contributed by atoms with Crippen molar-refractivity contribution in [3.8, 4) is 0 Å². The SMILES string of the molecule is Cc1cc(Nc2nc(NCCCCO)nc(Cl)c2F)n[nH]1. The van der Waals surface area contributed by atoms with Crippen LogP contribution in [0.15, 0.2) is 6.07 Å². The molecular formula is C12H16ClFN6O. The molecule has 2 heterocycles. The number of aryl methyl sites for hydroxylation is 1. The number of aromatic nitrogens is 4. The summed E-state index contributed by atoms with van der Waals surface area (Å²) in [6.07, 6.45) is 1.41. The first-order valence-corrected chi connectivity index (χ1v) is 6.84. The molecule has 2 rings (SSSR count). The molecule has 2 aromatic rings. The fourth-order valence-electron chi connectivity index (χ4n) is 1.62. The van der Waals surface area contributed by atoms with Crippen LogP contribution < -0.4 is 10.6 Å². The molecular weight excluding hydrogens is 299 g/mol. The van der Waals surface area contributed by atoms with Gasteiger partial charge in [0.05, 0.1) is 0 Å². The molecule has 4 N–H and O–H groups in total. The first-order chi connectivity index (χ1) is 10.1. The minimum atomic E-state index is -0.738. The molecule has 0 saturated carbocycles. The minimum absolute atomic E-state index is 0.0499. The second-order valence-electron chi connectivity index (χ2n) is 4.42. The Hall–Kier alpha value is -1.93. The van der Waals surface area contributed by atoms with Gasteiger partial charge in [-0.2, -0.15) is 19.5 Å². The molecule has 0 atom stereocenters. The summed E-state index contributed by atoms with van der Waals surface area (Å²) in [6, 6.07) is 1.71. The molecule has 7 nitrogen and oxygen atoms in total. The number of rotatable bonds is 7. The number of nitrogens with one attached hydrogen (secondary N) is 3. The van der Waals surface area contributed by atoms with Gasteiger partial charge >= 0.3 is 0 Å². The zero-order valence-electron chi connectivity index (χ0n) is 11.5. The van der Waals surface area contributed by atoms with Gasteiger partial charge in [-0.05, 0) is 19.8 Å². The van der Waals surface area contributed by atoms with E-state index in [1.807, 2.05) is 6.92 Å². The van der Waals surface area contributed by atoms with Crippen LogP contribution in [0.3, 0.4) is 0 Å². The molecule has 2 aromatic heterocycles. The van der Waals surface area contributed by atoms with Crippen LogP contribution in [0.5, 0.6) is 0 Å². The Labute approximate surface area is 126 Å². The van der Waals surface area contributed by atoms with E-state index in [4.69, 9.17) is 16.7 Å². The maximum atomic E-state index is 13.9. The number of aliphatic hydroxyl groups excluding tert-OH is 1. The van der Waals surface area contributed by atoms with E-state index in [9.17, 15) is 4.39 Å². The van der Waals surface area contributed by atoms with Crippen LogP contribution in [-0.2, 0) is 0 Å². The lowest BCUT2D eigenvalue weighted by atomic mass is 10.3. The van der Waals surface area contributed by atoms with E-state index >= 15 is 0 Å². The molecule has 0 aromatic carbocycles. The molecule has 9 heteroatoms. The lowest BCUT2D eigenvalue weighted by Crippen LogP contribution is -2.09. The van der Waals surface area contributed by atoms with Gasteiger partial charge in [-0.25, -0.2) is 0 Å². The van der Waals surface area contributed by atoms with E-state index in [2.05, 4.69) is 30.8 Å². The van der Waals surface area contributed by atoms with Crippen LogP contribution in [0, 0.1) is 12.7 Å². The van der Waals surface area contributed by atoms with Gasteiger partial charge in [-0.15, -0.1) is 0 Å². The summed E-state index contributed by atoms with van der Waals surface area (Å²) in [6.45, 7) is 2.51. The molecule has 0 unspecified atom stereocenters. The standard InChI is InChI=1S/C12H16ClFN6O/c1-7-6-8(20-19-7)16-11-9(14)10(13)17-12(18-11)15-4-2-3-5-21/h6,21H,2-5H2,1H3,(H3,15,16,17,18,19,20). The Balaban J connectivity index is 2.10. The number of nitrogens with zero attached hydrogens (tertiary/aromatic N) is 3. The van der Waals surface area contributed by atoms with Crippen molar-refractivity contribution in [2.75, 3.05) is 23.8 Å². The van der Waals surface area contributed by atoms with E-state index in [0.717, 1.165) is 12.1 Å². The summed E-state index contributed by atoms with van der Waals surface area (Å²) in [5.41, 5.74) is 0.834. The highest BCUT2D eigenvalue weighted by molar-refractivity contribution is 6.29. The summed E-state index contributed by atoms with van der Waals surface area (Å²) in [7, 11) is 0. The van der Waals surface area contributed by atoms with E-state index in [1.54, 1.807) is 6.07 Å². The fourth-order valence-corrected chi connectivity index (χ4v) is 1.79. The molecule has 0 amide bonds.